The third-order valence-electron chi connectivity index (χ3n) is 3.26. The van der Waals surface area contributed by atoms with Crippen molar-refractivity contribution in [2.24, 2.45) is 5.84 Å². The summed E-state index contributed by atoms with van der Waals surface area (Å²) < 4.78 is 0. The van der Waals surface area contributed by atoms with Gasteiger partial charge >= 0.3 is 0 Å². The molecule has 0 aliphatic rings. The zero-order valence-electron chi connectivity index (χ0n) is 11.8. The number of benzene rings is 1. The number of hydrogen-bond acceptors (Lipinski definition) is 5. The van der Waals surface area contributed by atoms with Crippen molar-refractivity contribution >= 4 is 22.6 Å². The lowest BCUT2D eigenvalue weighted by molar-refractivity contribution is 0.0770. The van der Waals surface area contributed by atoms with Gasteiger partial charge in [-0.25, -0.2) is 10.8 Å². The third kappa shape index (κ3) is 3.09. The second-order valence-electron chi connectivity index (χ2n) is 4.51. The number of carbonyl (C=O) groups excluding carboxylic acids is 1. The van der Waals surface area contributed by atoms with Crippen molar-refractivity contribution in [3.05, 3.63) is 35.9 Å². The first-order chi connectivity index (χ1) is 10.2. The Hall–Kier alpha value is -2.65. The van der Waals surface area contributed by atoms with Crippen LogP contribution in [0, 0.1) is 11.3 Å². The number of amides is 1. The van der Waals surface area contributed by atoms with Gasteiger partial charge in [-0.1, -0.05) is 18.2 Å². The highest BCUT2D eigenvalue weighted by atomic mass is 16.2. The molecule has 0 saturated carbocycles. The van der Waals surface area contributed by atoms with E-state index in [9.17, 15) is 4.79 Å². The first-order valence-electron chi connectivity index (χ1n) is 6.74. The molecule has 0 spiro atoms. The zero-order valence-corrected chi connectivity index (χ0v) is 11.8. The van der Waals surface area contributed by atoms with Gasteiger partial charge in [-0.15, -0.1) is 0 Å². The number of hydrazine groups is 1. The maximum absolute atomic E-state index is 12.7. The number of fused-ring (bicyclic) bond motifs is 1. The van der Waals surface area contributed by atoms with E-state index in [1.54, 1.807) is 11.0 Å². The number of anilines is 1. The van der Waals surface area contributed by atoms with E-state index in [2.05, 4.69) is 16.5 Å². The van der Waals surface area contributed by atoms with Gasteiger partial charge in [0.2, 0.25) is 0 Å². The number of nitrogen functional groups attached to an aromatic ring is 1. The SMILES string of the molecule is CCN(CCC#N)C(=O)c1cc(NN)nc2ccccc12. The Morgan fingerprint density at radius 1 is 1.48 bits per heavy atom. The Balaban J connectivity index is 2.48. The van der Waals surface area contributed by atoms with Gasteiger partial charge in [0.1, 0.15) is 5.82 Å². The summed E-state index contributed by atoms with van der Waals surface area (Å²) in [5, 5.41) is 9.47. The molecule has 0 fully saturated rings. The molecule has 1 heterocycles. The molecule has 6 nitrogen and oxygen atoms in total. The molecule has 3 N–H and O–H groups in total. The van der Waals surface area contributed by atoms with Crippen molar-refractivity contribution in [3.63, 3.8) is 0 Å². The molecule has 0 aliphatic carbocycles. The van der Waals surface area contributed by atoms with E-state index >= 15 is 0 Å². The zero-order chi connectivity index (χ0) is 15.2. The average Bonchev–Trinajstić information content (AvgIpc) is 2.54. The van der Waals surface area contributed by atoms with Crippen LogP contribution in [0.15, 0.2) is 30.3 Å². The smallest absolute Gasteiger partial charge is 0.254 e. The van der Waals surface area contributed by atoms with Crippen molar-refractivity contribution in [2.45, 2.75) is 13.3 Å². The molecular weight excluding hydrogens is 266 g/mol. The summed E-state index contributed by atoms with van der Waals surface area (Å²) in [6, 6.07) is 11.1. The molecule has 108 valence electrons. The van der Waals surface area contributed by atoms with E-state index in [0.717, 1.165) is 5.39 Å². The molecule has 0 bridgehead atoms. The van der Waals surface area contributed by atoms with Crippen LogP contribution >= 0.6 is 0 Å². The van der Waals surface area contributed by atoms with Crippen LogP contribution in [0.25, 0.3) is 10.9 Å². The number of nitriles is 1. The van der Waals surface area contributed by atoms with E-state index in [4.69, 9.17) is 11.1 Å². The molecule has 1 amide bonds. The van der Waals surface area contributed by atoms with Crippen LogP contribution in [-0.2, 0) is 0 Å². The average molecular weight is 283 g/mol. The fraction of sp³-hybridized carbons (Fsp3) is 0.267. The Bertz CT molecular complexity index is 692. The lowest BCUT2D eigenvalue weighted by Gasteiger charge is -2.20. The molecule has 6 heteroatoms. The molecule has 21 heavy (non-hydrogen) atoms. The molecule has 0 aliphatic heterocycles. The van der Waals surface area contributed by atoms with Crippen molar-refractivity contribution < 1.29 is 4.79 Å². The predicted molar refractivity (Wildman–Crippen MR) is 81.4 cm³/mol. The number of hydrogen-bond donors (Lipinski definition) is 2. The summed E-state index contributed by atoms with van der Waals surface area (Å²) in [4.78, 5) is 18.7. The second kappa shape index (κ2) is 6.68. The number of carbonyl (C=O) groups is 1. The number of rotatable bonds is 5. The highest BCUT2D eigenvalue weighted by Gasteiger charge is 2.18. The van der Waals surface area contributed by atoms with Gasteiger partial charge in [-0.2, -0.15) is 5.26 Å². The fourth-order valence-corrected chi connectivity index (χ4v) is 2.18. The van der Waals surface area contributed by atoms with Crippen LogP contribution in [0.1, 0.15) is 23.7 Å². The molecule has 1 aromatic carbocycles. The summed E-state index contributed by atoms with van der Waals surface area (Å²) >= 11 is 0. The minimum atomic E-state index is -0.122. The minimum absolute atomic E-state index is 0.122. The van der Waals surface area contributed by atoms with Crippen LogP contribution in [0.5, 0.6) is 0 Å². The predicted octanol–water partition coefficient (Wildman–Crippen LogP) is 1.90. The molecule has 0 radical (unpaired) electrons. The van der Waals surface area contributed by atoms with Crippen molar-refractivity contribution in [3.8, 4) is 6.07 Å². The first kappa shape index (κ1) is 14.8. The molecule has 2 aromatic rings. The van der Waals surface area contributed by atoms with E-state index < -0.39 is 0 Å². The summed E-state index contributed by atoms with van der Waals surface area (Å²) in [7, 11) is 0. The first-order valence-corrected chi connectivity index (χ1v) is 6.74. The number of para-hydroxylation sites is 1. The maximum Gasteiger partial charge on any atom is 0.254 e. The van der Waals surface area contributed by atoms with E-state index in [0.29, 0.717) is 36.4 Å². The normalized spacial score (nSPS) is 10.1. The van der Waals surface area contributed by atoms with Crippen molar-refractivity contribution in [2.75, 3.05) is 18.5 Å². The number of nitrogens with zero attached hydrogens (tertiary/aromatic N) is 3. The molecule has 0 saturated heterocycles. The maximum atomic E-state index is 12.7. The van der Waals surface area contributed by atoms with Gasteiger partial charge in [0.15, 0.2) is 0 Å². The number of aromatic nitrogens is 1. The van der Waals surface area contributed by atoms with E-state index in [1.165, 1.54) is 0 Å². The third-order valence-corrected chi connectivity index (χ3v) is 3.26. The van der Waals surface area contributed by atoms with Gasteiger partial charge in [0.05, 0.1) is 23.6 Å². The van der Waals surface area contributed by atoms with Crippen LogP contribution in [-0.4, -0.2) is 28.9 Å². The lowest BCUT2D eigenvalue weighted by Crippen LogP contribution is -2.32. The van der Waals surface area contributed by atoms with Crippen molar-refractivity contribution in [1.82, 2.24) is 9.88 Å². The molecule has 1 aromatic heterocycles. The van der Waals surface area contributed by atoms with Gasteiger partial charge < -0.3 is 10.3 Å². The molecule has 0 atom stereocenters. The van der Waals surface area contributed by atoms with Gasteiger partial charge in [-0.05, 0) is 19.1 Å². The van der Waals surface area contributed by atoms with Gasteiger partial charge in [0.25, 0.3) is 5.91 Å². The van der Waals surface area contributed by atoms with Gasteiger partial charge in [-0.3, -0.25) is 4.79 Å². The number of nitrogens with two attached hydrogens (primary N) is 1. The van der Waals surface area contributed by atoms with Crippen LogP contribution in [0.3, 0.4) is 0 Å². The van der Waals surface area contributed by atoms with E-state index in [-0.39, 0.29) is 5.91 Å². The summed E-state index contributed by atoms with van der Waals surface area (Å²) in [6.45, 7) is 2.84. The monoisotopic (exact) mass is 283 g/mol. The Morgan fingerprint density at radius 3 is 2.90 bits per heavy atom. The number of nitrogens with one attached hydrogen (secondary N) is 1. The molecule has 2 rings (SSSR count). The lowest BCUT2D eigenvalue weighted by atomic mass is 10.1. The quantitative estimate of drug-likeness (QED) is 0.645. The largest absolute Gasteiger partial charge is 0.338 e. The summed E-state index contributed by atoms with van der Waals surface area (Å²) in [5.74, 6) is 5.73. The minimum Gasteiger partial charge on any atom is -0.338 e. The summed E-state index contributed by atoms with van der Waals surface area (Å²) in [6.07, 6.45) is 0.310. The standard InChI is InChI=1S/C15H17N5O/c1-2-20(9-5-8-16)15(21)12-10-14(19-17)18-13-7-4-3-6-11(12)13/h3-4,6-7,10H,2,5,9,17H2,1H3,(H,18,19). The Morgan fingerprint density at radius 2 is 2.24 bits per heavy atom. The highest BCUT2D eigenvalue weighted by Crippen LogP contribution is 2.22. The Labute approximate surface area is 123 Å². The molecule has 0 unspecified atom stereocenters. The van der Waals surface area contributed by atoms with Crippen molar-refractivity contribution in [1.29, 1.82) is 5.26 Å². The fourth-order valence-electron chi connectivity index (χ4n) is 2.18. The Kier molecular flexibility index (Phi) is 4.69. The van der Waals surface area contributed by atoms with Crippen LogP contribution in [0.2, 0.25) is 0 Å². The highest BCUT2D eigenvalue weighted by molar-refractivity contribution is 6.06. The summed E-state index contributed by atoms with van der Waals surface area (Å²) in [5.41, 5.74) is 3.72. The van der Waals surface area contributed by atoms with Crippen LogP contribution < -0.4 is 11.3 Å². The topological polar surface area (TPSA) is 95.0 Å². The van der Waals surface area contributed by atoms with E-state index in [1.807, 2.05) is 31.2 Å². The van der Waals surface area contributed by atoms with Crippen LogP contribution in [0.4, 0.5) is 5.82 Å². The molecular formula is C15H17N5O. The van der Waals surface area contributed by atoms with Gasteiger partial charge in [0, 0.05) is 18.5 Å². The number of pyridine rings is 1. The second-order valence-corrected chi connectivity index (χ2v) is 4.51.